The van der Waals surface area contributed by atoms with Gasteiger partial charge in [-0.15, -0.1) is 0 Å². The van der Waals surface area contributed by atoms with Crippen LogP contribution in [0, 0.1) is 5.82 Å². The summed E-state index contributed by atoms with van der Waals surface area (Å²) in [5.74, 6) is -3.98. The molecule has 0 unspecified atom stereocenters. The van der Waals surface area contributed by atoms with E-state index in [0.717, 1.165) is 6.07 Å². The molecule has 39 heavy (non-hydrogen) atoms. The van der Waals surface area contributed by atoms with Crippen LogP contribution in [0.2, 0.25) is 0 Å². The van der Waals surface area contributed by atoms with Crippen LogP contribution in [0.15, 0.2) is 53.6 Å². The largest absolute Gasteiger partial charge is 0.452 e. The first-order chi connectivity index (χ1) is 18.4. The molecule has 9 nitrogen and oxygen atoms in total. The van der Waals surface area contributed by atoms with Crippen molar-refractivity contribution in [3.63, 3.8) is 0 Å². The van der Waals surface area contributed by atoms with Gasteiger partial charge >= 0.3 is 5.92 Å². The maximum atomic E-state index is 14.9. The number of aromatic amines is 1. The predicted molar refractivity (Wildman–Crippen MR) is 143 cm³/mol. The Labute approximate surface area is 223 Å². The fraction of sp³-hybridized carbons (Fsp3) is 0.346. The van der Waals surface area contributed by atoms with E-state index in [1.165, 1.54) is 18.7 Å². The Bertz CT molecular complexity index is 1550. The van der Waals surface area contributed by atoms with Crippen LogP contribution in [0.1, 0.15) is 24.7 Å². The molecule has 1 aliphatic heterocycles. The zero-order valence-corrected chi connectivity index (χ0v) is 22.3. The zero-order valence-electron chi connectivity index (χ0n) is 21.5. The van der Waals surface area contributed by atoms with E-state index in [4.69, 9.17) is 14.6 Å². The molecule has 3 aromatic heterocycles. The summed E-state index contributed by atoms with van der Waals surface area (Å²) < 4.78 is 70.3. The minimum absolute atomic E-state index is 0.0144. The quantitative estimate of drug-likeness (QED) is 0.362. The van der Waals surface area contributed by atoms with E-state index in [1.807, 2.05) is 0 Å². The first kappa shape index (κ1) is 28.5. The Morgan fingerprint density at radius 1 is 1.36 bits per heavy atom. The molecule has 1 saturated heterocycles. The molecule has 1 aliphatic rings. The number of pyridine rings is 2. The molecule has 1 fully saturated rings. The van der Waals surface area contributed by atoms with Crippen LogP contribution in [0.4, 0.5) is 18.9 Å². The number of fused-ring (bicyclic) bond motifs is 1. The first-order valence-corrected chi connectivity index (χ1v) is 14.2. The standard InChI is InChI=1S/C26H28F3N5O4S/c1-5-16(19-9-8-17(13-30-19)34-39(3,4)36)7-6-15(2)23-18(27)12-20-24(32-23)33-25(31-20)38-22-14-37-21(10-11-35)26(22,28)29/h5-9,12-13,21-22,35H,1,10-11,14H2,2-4H3,(H,31,32,33)/b15-6+,16-7+/t21-,22-/m1/s1. The molecule has 2 N–H and O–H groups in total. The second-order valence-corrected chi connectivity index (χ2v) is 11.7. The summed E-state index contributed by atoms with van der Waals surface area (Å²) in [6.45, 7) is 4.63. The fourth-order valence-corrected chi connectivity index (χ4v) is 4.53. The van der Waals surface area contributed by atoms with Gasteiger partial charge in [0.25, 0.3) is 6.01 Å². The highest BCUT2D eigenvalue weighted by Gasteiger charge is 2.55. The number of aliphatic hydroxyl groups excluding tert-OH is 1. The Balaban J connectivity index is 1.56. The molecule has 208 valence electrons. The molecule has 4 heterocycles. The van der Waals surface area contributed by atoms with E-state index < -0.39 is 40.3 Å². The normalized spacial score (nSPS) is 19.9. The smallest absolute Gasteiger partial charge is 0.312 e. The fourth-order valence-electron chi connectivity index (χ4n) is 3.92. The SMILES string of the molecule is C=C/C(=C\C=C(/C)c1nc2nc(O[C@@H]3CO[C@H](CCO)C3(F)F)[nH]c2cc1F)c1ccc(N=S(C)(C)=O)cn1. The number of halogens is 3. The van der Waals surface area contributed by atoms with Crippen LogP contribution in [0.3, 0.4) is 0 Å². The molecule has 0 bridgehead atoms. The lowest BCUT2D eigenvalue weighted by atomic mass is 10.1. The van der Waals surface area contributed by atoms with Crippen molar-refractivity contribution in [3.8, 4) is 6.01 Å². The van der Waals surface area contributed by atoms with Crippen molar-refractivity contribution in [2.45, 2.75) is 31.5 Å². The topological polar surface area (TPSA) is 123 Å². The number of alkyl halides is 2. The summed E-state index contributed by atoms with van der Waals surface area (Å²) >= 11 is 0. The molecular weight excluding hydrogens is 535 g/mol. The molecule has 0 saturated carbocycles. The first-order valence-electron chi connectivity index (χ1n) is 11.9. The number of hydrogen-bond donors (Lipinski definition) is 2. The van der Waals surface area contributed by atoms with Gasteiger partial charge in [-0.1, -0.05) is 24.8 Å². The van der Waals surface area contributed by atoms with Crippen LogP contribution >= 0.6 is 0 Å². The second kappa shape index (κ2) is 11.3. The lowest BCUT2D eigenvalue weighted by Gasteiger charge is -2.21. The molecule has 4 rings (SSSR count). The molecular formula is C26H28F3N5O4S. The number of imidazole rings is 1. The van der Waals surface area contributed by atoms with Crippen LogP contribution in [-0.4, -0.2) is 73.1 Å². The third-order valence-corrected chi connectivity index (χ3v) is 6.48. The van der Waals surface area contributed by atoms with Crippen molar-refractivity contribution in [1.29, 1.82) is 0 Å². The average molecular weight is 564 g/mol. The number of nitrogens with zero attached hydrogens (tertiary/aromatic N) is 4. The Morgan fingerprint density at radius 2 is 2.13 bits per heavy atom. The van der Waals surface area contributed by atoms with Gasteiger partial charge in [0, 0.05) is 41.3 Å². The van der Waals surface area contributed by atoms with Gasteiger partial charge in [0.2, 0.25) is 0 Å². The summed E-state index contributed by atoms with van der Waals surface area (Å²) in [5, 5.41) is 8.97. The van der Waals surface area contributed by atoms with Crippen LogP contribution < -0.4 is 4.74 Å². The summed E-state index contributed by atoms with van der Waals surface area (Å²) in [7, 11) is -2.32. The maximum absolute atomic E-state index is 14.9. The highest BCUT2D eigenvalue weighted by Crippen LogP contribution is 2.36. The van der Waals surface area contributed by atoms with Gasteiger partial charge in [0.05, 0.1) is 29.7 Å². The Hall–Kier alpha value is -3.55. The van der Waals surface area contributed by atoms with Gasteiger partial charge in [-0.05, 0) is 30.2 Å². The highest BCUT2D eigenvalue weighted by molar-refractivity contribution is 7.92. The summed E-state index contributed by atoms with van der Waals surface area (Å²) in [6, 6.07) is 4.32. The maximum Gasteiger partial charge on any atom is 0.312 e. The molecule has 0 spiro atoms. The lowest BCUT2D eigenvalue weighted by Crippen LogP contribution is -2.42. The van der Waals surface area contributed by atoms with E-state index in [-0.39, 0.29) is 35.9 Å². The van der Waals surface area contributed by atoms with Gasteiger partial charge in [-0.25, -0.2) is 13.6 Å². The van der Waals surface area contributed by atoms with Crippen molar-refractivity contribution in [1.82, 2.24) is 19.9 Å². The van der Waals surface area contributed by atoms with Gasteiger partial charge in [0.15, 0.2) is 17.6 Å². The third kappa shape index (κ3) is 6.54. The highest BCUT2D eigenvalue weighted by atomic mass is 32.2. The van der Waals surface area contributed by atoms with E-state index in [1.54, 1.807) is 37.3 Å². The number of H-pyrrole nitrogens is 1. The predicted octanol–water partition coefficient (Wildman–Crippen LogP) is 4.69. The Kier molecular flexibility index (Phi) is 8.23. The van der Waals surface area contributed by atoms with Crippen molar-refractivity contribution in [2.24, 2.45) is 4.36 Å². The molecule has 0 aromatic carbocycles. The van der Waals surface area contributed by atoms with Crippen molar-refractivity contribution in [3.05, 3.63) is 66.4 Å². The van der Waals surface area contributed by atoms with Gasteiger partial charge in [-0.2, -0.15) is 18.1 Å². The summed E-state index contributed by atoms with van der Waals surface area (Å²) in [6.07, 6.45) is 6.18. The van der Waals surface area contributed by atoms with Gasteiger partial charge < -0.3 is 19.6 Å². The number of aliphatic hydroxyl groups is 1. The third-order valence-electron chi connectivity index (χ3n) is 5.83. The molecule has 0 radical (unpaired) electrons. The van der Waals surface area contributed by atoms with Crippen molar-refractivity contribution in [2.75, 3.05) is 25.7 Å². The molecule has 13 heteroatoms. The number of nitrogens with one attached hydrogen (secondary N) is 1. The van der Waals surface area contributed by atoms with Gasteiger partial charge in [0.1, 0.15) is 11.8 Å². The monoisotopic (exact) mass is 563 g/mol. The number of rotatable bonds is 9. The minimum atomic E-state index is -3.34. The van der Waals surface area contributed by atoms with Crippen molar-refractivity contribution >= 4 is 37.7 Å². The summed E-state index contributed by atoms with van der Waals surface area (Å²) in [4.78, 5) is 15.3. The van der Waals surface area contributed by atoms with E-state index in [2.05, 4.69) is 30.9 Å². The molecule has 0 amide bonds. The Morgan fingerprint density at radius 3 is 2.77 bits per heavy atom. The van der Waals surface area contributed by atoms with E-state index in [9.17, 15) is 17.4 Å². The van der Waals surface area contributed by atoms with Gasteiger partial charge in [-0.3, -0.25) is 4.98 Å². The summed E-state index contributed by atoms with van der Waals surface area (Å²) in [5.41, 5.74) is 2.45. The zero-order chi connectivity index (χ0) is 28.4. The number of allylic oxidation sites excluding steroid dienone is 5. The number of ether oxygens (including phenoxy) is 2. The average Bonchev–Trinajstić information content (AvgIpc) is 3.38. The van der Waals surface area contributed by atoms with E-state index >= 15 is 0 Å². The molecule has 2 atom stereocenters. The van der Waals surface area contributed by atoms with E-state index in [0.29, 0.717) is 22.5 Å². The van der Waals surface area contributed by atoms with Crippen molar-refractivity contribution < 1.29 is 32.0 Å². The van der Waals surface area contributed by atoms with Crippen LogP contribution in [0.5, 0.6) is 6.01 Å². The second-order valence-electron chi connectivity index (χ2n) is 9.20. The lowest BCUT2D eigenvalue weighted by molar-refractivity contribution is -0.110. The molecule has 3 aromatic rings. The minimum Gasteiger partial charge on any atom is -0.452 e. The number of aromatic nitrogens is 4. The molecule has 0 aliphatic carbocycles. The van der Waals surface area contributed by atoms with Crippen LogP contribution in [0.25, 0.3) is 22.3 Å². The van der Waals surface area contributed by atoms with Crippen LogP contribution in [-0.2, 0) is 14.5 Å². The number of hydrogen-bond acceptors (Lipinski definition) is 8.